The number of halogens is 5. The van der Waals surface area contributed by atoms with Gasteiger partial charge in [0.15, 0.2) is 11.6 Å². The Labute approximate surface area is 95.5 Å². The molecule has 78 valence electrons. The van der Waals surface area contributed by atoms with Crippen molar-refractivity contribution in [3.63, 3.8) is 0 Å². The molecule has 0 saturated carbocycles. The maximum atomic E-state index is 11.9. The monoisotopic (exact) mass is 338 g/mol. The van der Waals surface area contributed by atoms with Gasteiger partial charge in [0.1, 0.15) is 5.02 Å². The van der Waals surface area contributed by atoms with Gasteiger partial charge in [-0.2, -0.15) is 0 Å². The summed E-state index contributed by atoms with van der Waals surface area (Å²) in [5.74, 6) is -1.06. The van der Waals surface area contributed by atoms with Crippen molar-refractivity contribution in [3.8, 4) is 5.75 Å². The Morgan fingerprint density at radius 3 is 2.57 bits per heavy atom. The van der Waals surface area contributed by atoms with E-state index in [1.54, 1.807) is 22.6 Å². The van der Waals surface area contributed by atoms with Gasteiger partial charge in [-0.15, -0.1) is 13.2 Å². The number of rotatable bonds is 1. The molecule has 8 heteroatoms. The van der Waals surface area contributed by atoms with Gasteiger partial charge in [0.2, 0.25) is 0 Å². The van der Waals surface area contributed by atoms with Crippen LogP contribution in [0.4, 0.5) is 19.0 Å². The lowest BCUT2D eigenvalue weighted by molar-refractivity contribution is -0.274. The Bertz CT molecular complexity index is 358. The second kappa shape index (κ2) is 3.97. The number of pyridine rings is 1. The van der Waals surface area contributed by atoms with Gasteiger partial charge in [-0.3, -0.25) is 0 Å². The molecule has 0 bridgehead atoms. The first kappa shape index (κ1) is 11.6. The summed E-state index contributed by atoms with van der Waals surface area (Å²) in [6.07, 6.45) is -3.58. The van der Waals surface area contributed by atoms with Crippen molar-refractivity contribution in [1.29, 1.82) is 0 Å². The van der Waals surface area contributed by atoms with E-state index in [-0.39, 0.29) is 5.02 Å². The second-order valence-corrected chi connectivity index (χ2v) is 3.72. The molecule has 1 aromatic rings. The van der Waals surface area contributed by atoms with Crippen LogP contribution < -0.4 is 10.5 Å². The molecule has 0 unspecified atom stereocenters. The molecule has 1 aromatic heterocycles. The molecule has 0 atom stereocenters. The number of nitrogens with two attached hydrogens (primary N) is 1. The van der Waals surface area contributed by atoms with Gasteiger partial charge < -0.3 is 10.5 Å². The summed E-state index contributed by atoms with van der Waals surface area (Å²) in [7, 11) is 0. The minimum Gasteiger partial charge on any atom is -0.400 e. The van der Waals surface area contributed by atoms with Crippen molar-refractivity contribution in [3.05, 3.63) is 14.8 Å². The normalized spacial score (nSPS) is 11.5. The smallest absolute Gasteiger partial charge is 0.400 e. The Morgan fingerprint density at radius 2 is 2.07 bits per heavy atom. The number of hydrogen-bond donors (Lipinski definition) is 1. The fraction of sp³-hybridized carbons (Fsp3) is 0.167. The van der Waals surface area contributed by atoms with E-state index < -0.39 is 17.9 Å². The van der Waals surface area contributed by atoms with Gasteiger partial charge in [-0.25, -0.2) is 4.98 Å². The van der Waals surface area contributed by atoms with Crippen LogP contribution in [0.1, 0.15) is 0 Å². The van der Waals surface area contributed by atoms with Gasteiger partial charge >= 0.3 is 6.36 Å². The number of hydrogen-bond acceptors (Lipinski definition) is 3. The summed E-state index contributed by atoms with van der Waals surface area (Å²) in [4.78, 5) is 3.48. The molecule has 0 radical (unpaired) electrons. The van der Waals surface area contributed by atoms with Crippen molar-refractivity contribution < 1.29 is 17.9 Å². The lowest BCUT2D eigenvalue weighted by atomic mass is 10.4. The molecule has 0 aliphatic rings. The maximum Gasteiger partial charge on any atom is 0.573 e. The van der Waals surface area contributed by atoms with Crippen molar-refractivity contribution in [2.75, 3.05) is 5.73 Å². The van der Waals surface area contributed by atoms with Gasteiger partial charge in [0.05, 0.1) is 3.57 Å². The van der Waals surface area contributed by atoms with Crippen molar-refractivity contribution in [2.24, 2.45) is 0 Å². The average Bonchev–Trinajstić information content (AvgIpc) is 2.04. The third kappa shape index (κ3) is 2.77. The third-order valence-electron chi connectivity index (χ3n) is 1.18. The van der Waals surface area contributed by atoms with Gasteiger partial charge in [-0.05, 0) is 22.6 Å². The SMILES string of the molecule is Nc1ncc(I)c(Cl)c1OC(F)(F)F. The second-order valence-electron chi connectivity index (χ2n) is 2.18. The van der Waals surface area contributed by atoms with E-state index in [0.717, 1.165) is 0 Å². The van der Waals surface area contributed by atoms with Gasteiger partial charge in [0.25, 0.3) is 0 Å². The number of nitrogens with zero attached hydrogens (tertiary/aromatic N) is 1. The molecule has 0 saturated heterocycles. The molecule has 0 spiro atoms. The molecular weight excluding hydrogens is 335 g/mol. The Kier molecular flexibility index (Phi) is 3.30. The Morgan fingerprint density at radius 1 is 1.50 bits per heavy atom. The van der Waals surface area contributed by atoms with Crippen molar-refractivity contribution in [1.82, 2.24) is 4.98 Å². The van der Waals surface area contributed by atoms with E-state index in [4.69, 9.17) is 17.3 Å². The highest BCUT2D eigenvalue weighted by Crippen LogP contribution is 2.36. The van der Waals surface area contributed by atoms with Crippen LogP contribution in [-0.4, -0.2) is 11.3 Å². The fourth-order valence-electron chi connectivity index (χ4n) is 0.675. The van der Waals surface area contributed by atoms with Crippen molar-refractivity contribution >= 4 is 40.0 Å². The molecule has 1 heterocycles. The van der Waals surface area contributed by atoms with Crippen LogP contribution >= 0.6 is 34.2 Å². The van der Waals surface area contributed by atoms with E-state index in [1.807, 2.05) is 0 Å². The minimum absolute atomic E-state index is 0.199. The fourth-order valence-corrected chi connectivity index (χ4v) is 1.24. The molecule has 0 aliphatic carbocycles. The number of alkyl halides is 3. The van der Waals surface area contributed by atoms with E-state index in [2.05, 4.69) is 9.72 Å². The number of aromatic nitrogens is 1. The number of nitrogen functional groups attached to an aromatic ring is 1. The summed E-state index contributed by atoms with van der Waals surface area (Å²) in [6, 6.07) is 0. The predicted molar refractivity (Wildman–Crippen MR) is 53.1 cm³/mol. The van der Waals surface area contributed by atoms with Gasteiger partial charge in [0, 0.05) is 6.20 Å². The predicted octanol–water partition coefficient (Wildman–Crippen LogP) is 2.82. The average molecular weight is 338 g/mol. The highest BCUT2D eigenvalue weighted by Gasteiger charge is 2.33. The van der Waals surface area contributed by atoms with Crippen LogP contribution in [0.5, 0.6) is 5.75 Å². The topological polar surface area (TPSA) is 48.1 Å². The lowest BCUT2D eigenvalue weighted by Gasteiger charge is -2.12. The van der Waals surface area contributed by atoms with Crippen LogP contribution in [0.15, 0.2) is 6.20 Å². The first-order valence-electron chi connectivity index (χ1n) is 3.16. The quantitative estimate of drug-likeness (QED) is 0.801. The molecule has 2 N–H and O–H groups in total. The molecule has 0 fully saturated rings. The zero-order valence-corrected chi connectivity index (χ0v) is 9.31. The molecular formula is C6H3ClF3IN2O. The van der Waals surface area contributed by atoms with Crippen LogP contribution in [0, 0.1) is 3.57 Å². The largest absolute Gasteiger partial charge is 0.573 e. The van der Waals surface area contributed by atoms with Crippen LogP contribution in [-0.2, 0) is 0 Å². The standard InChI is InChI=1S/C6H3ClF3IN2O/c7-3-2(11)1-13-5(12)4(3)14-6(8,9)10/h1H,(H2,12,13). The lowest BCUT2D eigenvalue weighted by Crippen LogP contribution is -2.18. The summed E-state index contributed by atoms with van der Waals surface area (Å²) in [6.45, 7) is 0. The van der Waals surface area contributed by atoms with Crippen LogP contribution in [0.3, 0.4) is 0 Å². The molecule has 0 amide bonds. The maximum absolute atomic E-state index is 11.9. The Balaban J connectivity index is 3.13. The van der Waals surface area contributed by atoms with Crippen molar-refractivity contribution in [2.45, 2.75) is 6.36 Å². The number of anilines is 1. The first-order valence-corrected chi connectivity index (χ1v) is 4.62. The first-order chi connectivity index (χ1) is 6.31. The Hall–Kier alpha value is -0.440. The zero-order valence-electron chi connectivity index (χ0n) is 6.40. The van der Waals surface area contributed by atoms with E-state index in [9.17, 15) is 13.2 Å². The summed E-state index contributed by atoms with van der Waals surface area (Å²) in [5.41, 5.74) is 5.17. The van der Waals surface area contributed by atoms with E-state index >= 15 is 0 Å². The molecule has 14 heavy (non-hydrogen) atoms. The highest BCUT2D eigenvalue weighted by atomic mass is 127. The summed E-state index contributed by atoms with van der Waals surface area (Å²) in [5, 5.41) is -0.199. The highest BCUT2D eigenvalue weighted by molar-refractivity contribution is 14.1. The molecule has 0 aromatic carbocycles. The molecule has 0 aliphatic heterocycles. The minimum atomic E-state index is -4.83. The van der Waals surface area contributed by atoms with E-state index in [0.29, 0.717) is 3.57 Å². The van der Waals surface area contributed by atoms with Gasteiger partial charge in [-0.1, -0.05) is 11.6 Å². The van der Waals surface area contributed by atoms with E-state index in [1.165, 1.54) is 6.20 Å². The van der Waals surface area contributed by atoms with Crippen LogP contribution in [0.25, 0.3) is 0 Å². The van der Waals surface area contributed by atoms with Crippen LogP contribution in [0.2, 0.25) is 5.02 Å². The zero-order chi connectivity index (χ0) is 10.9. The molecule has 3 nitrogen and oxygen atoms in total. The number of ether oxygens (including phenoxy) is 1. The summed E-state index contributed by atoms with van der Waals surface area (Å²) < 4.78 is 39.6. The molecule has 1 rings (SSSR count). The third-order valence-corrected chi connectivity index (χ3v) is 2.69. The summed E-state index contributed by atoms with van der Waals surface area (Å²) >= 11 is 7.27.